The lowest BCUT2D eigenvalue weighted by molar-refractivity contribution is 0.0389. The number of likely N-dealkylation sites (tertiary alicyclic amines) is 1. The van der Waals surface area contributed by atoms with E-state index in [9.17, 15) is 0 Å². The van der Waals surface area contributed by atoms with Crippen molar-refractivity contribution >= 4 is 0 Å². The number of hydrogen-bond acceptors (Lipinski definition) is 2. The number of piperidine rings is 2. The van der Waals surface area contributed by atoms with Crippen molar-refractivity contribution in [2.45, 2.75) is 77.0 Å². The smallest absolute Gasteiger partial charge is 0.0226 e. The van der Waals surface area contributed by atoms with Gasteiger partial charge in [-0.1, -0.05) is 6.42 Å². The minimum absolute atomic E-state index is 0.733. The maximum absolute atomic E-state index is 3.63. The van der Waals surface area contributed by atoms with Crippen LogP contribution in [0.1, 0.15) is 52.9 Å². The van der Waals surface area contributed by atoms with Crippen molar-refractivity contribution < 1.29 is 0 Å². The van der Waals surface area contributed by atoms with Crippen molar-refractivity contribution in [1.82, 2.24) is 10.2 Å². The quantitative estimate of drug-likeness (QED) is 0.715. The van der Waals surface area contributed by atoms with Crippen LogP contribution in [0.25, 0.3) is 0 Å². The first-order valence-corrected chi connectivity index (χ1v) is 6.69. The summed E-state index contributed by atoms with van der Waals surface area (Å²) < 4.78 is 0. The molecule has 0 aliphatic carbocycles. The molecule has 0 radical (unpaired) electrons. The summed E-state index contributed by atoms with van der Waals surface area (Å²) in [6.45, 7) is 8.33. The Kier molecular flexibility index (Phi) is 3.68. The topological polar surface area (TPSA) is 15.3 Å². The molecule has 0 aromatic carbocycles. The van der Waals surface area contributed by atoms with Gasteiger partial charge in [-0.3, -0.25) is 4.90 Å². The van der Waals surface area contributed by atoms with Gasteiger partial charge < -0.3 is 5.32 Å². The second kappa shape index (κ2) is 4.84. The van der Waals surface area contributed by atoms with Gasteiger partial charge in [0.15, 0.2) is 0 Å². The average Bonchev–Trinajstić information content (AvgIpc) is 2.20. The van der Waals surface area contributed by atoms with Gasteiger partial charge in [0.25, 0.3) is 0 Å². The summed E-state index contributed by atoms with van der Waals surface area (Å²) in [4.78, 5) is 2.78. The van der Waals surface area contributed by atoms with E-state index >= 15 is 0 Å². The third-order valence-corrected chi connectivity index (χ3v) is 4.32. The zero-order chi connectivity index (χ0) is 10.8. The molecule has 15 heavy (non-hydrogen) atoms. The van der Waals surface area contributed by atoms with E-state index in [0.29, 0.717) is 0 Å². The predicted octanol–water partition coefficient (Wildman–Crippen LogP) is 2.39. The van der Waals surface area contributed by atoms with Crippen molar-refractivity contribution in [3.05, 3.63) is 0 Å². The Bertz CT molecular complexity index is 187. The van der Waals surface area contributed by atoms with Gasteiger partial charge in [-0.2, -0.15) is 0 Å². The van der Waals surface area contributed by atoms with E-state index in [2.05, 4.69) is 31.0 Å². The highest BCUT2D eigenvalue weighted by atomic mass is 15.2. The zero-order valence-corrected chi connectivity index (χ0v) is 10.5. The second-order valence-corrected chi connectivity index (χ2v) is 5.62. The standard InChI is InChI=1S/C13H26N2/c1-10-7-8-13(9-14-10)15-11(2)5-4-6-12(15)3/h10-14H,4-9H2,1-3H3. The molecular weight excluding hydrogens is 184 g/mol. The van der Waals surface area contributed by atoms with E-state index in [4.69, 9.17) is 0 Å². The molecule has 2 rings (SSSR count). The molecule has 2 aliphatic rings. The van der Waals surface area contributed by atoms with Crippen LogP contribution in [0.5, 0.6) is 0 Å². The first kappa shape index (κ1) is 11.4. The third kappa shape index (κ3) is 2.54. The largest absolute Gasteiger partial charge is 0.313 e. The fraction of sp³-hybridized carbons (Fsp3) is 1.00. The first-order chi connectivity index (χ1) is 7.18. The van der Waals surface area contributed by atoms with Crippen LogP contribution >= 0.6 is 0 Å². The Morgan fingerprint density at radius 3 is 2.13 bits per heavy atom. The summed E-state index contributed by atoms with van der Waals surface area (Å²) in [5.41, 5.74) is 0. The molecule has 0 aromatic heterocycles. The Morgan fingerprint density at radius 2 is 1.60 bits per heavy atom. The van der Waals surface area contributed by atoms with Crippen LogP contribution < -0.4 is 5.32 Å². The molecule has 0 spiro atoms. The van der Waals surface area contributed by atoms with Crippen LogP contribution in [0.4, 0.5) is 0 Å². The van der Waals surface area contributed by atoms with Gasteiger partial charge in [0.2, 0.25) is 0 Å². The van der Waals surface area contributed by atoms with Crippen molar-refractivity contribution in [2.75, 3.05) is 6.54 Å². The molecule has 2 aliphatic heterocycles. The van der Waals surface area contributed by atoms with Gasteiger partial charge in [-0.25, -0.2) is 0 Å². The molecule has 4 unspecified atom stereocenters. The normalized spacial score (nSPS) is 44.2. The fourth-order valence-corrected chi connectivity index (χ4v) is 3.40. The van der Waals surface area contributed by atoms with E-state index < -0.39 is 0 Å². The van der Waals surface area contributed by atoms with Gasteiger partial charge in [-0.05, 0) is 46.5 Å². The number of rotatable bonds is 1. The lowest BCUT2D eigenvalue weighted by Crippen LogP contribution is -2.56. The van der Waals surface area contributed by atoms with E-state index in [-0.39, 0.29) is 0 Å². The van der Waals surface area contributed by atoms with E-state index in [1.807, 2.05) is 0 Å². The summed E-state index contributed by atoms with van der Waals surface area (Å²) >= 11 is 0. The maximum Gasteiger partial charge on any atom is 0.0226 e. The Morgan fingerprint density at radius 1 is 0.933 bits per heavy atom. The molecule has 4 atom stereocenters. The number of nitrogens with one attached hydrogen (secondary N) is 1. The molecule has 2 nitrogen and oxygen atoms in total. The molecule has 0 saturated carbocycles. The summed E-state index contributed by atoms with van der Waals surface area (Å²) in [7, 11) is 0. The fourth-order valence-electron chi connectivity index (χ4n) is 3.40. The molecule has 2 fully saturated rings. The molecule has 0 aromatic rings. The zero-order valence-electron chi connectivity index (χ0n) is 10.5. The van der Waals surface area contributed by atoms with Crippen molar-refractivity contribution in [3.8, 4) is 0 Å². The molecule has 2 saturated heterocycles. The molecule has 88 valence electrons. The first-order valence-electron chi connectivity index (χ1n) is 6.69. The van der Waals surface area contributed by atoms with E-state index in [0.717, 1.165) is 24.2 Å². The Hall–Kier alpha value is -0.0800. The van der Waals surface area contributed by atoms with E-state index in [1.54, 1.807) is 0 Å². The van der Waals surface area contributed by atoms with Gasteiger partial charge in [0.05, 0.1) is 0 Å². The molecule has 2 heterocycles. The van der Waals surface area contributed by atoms with Crippen molar-refractivity contribution in [3.63, 3.8) is 0 Å². The average molecular weight is 210 g/mol. The van der Waals surface area contributed by atoms with Crippen LogP contribution in [0, 0.1) is 0 Å². The van der Waals surface area contributed by atoms with Gasteiger partial charge in [0, 0.05) is 30.7 Å². The maximum atomic E-state index is 3.63. The molecule has 0 bridgehead atoms. The van der Waals surface area contributed by atoms with Gasteiger partial charge in [0.1, 0.15) is 0 Å². The lowest BCUT2D eigenvalue weighted by Gasteiger charge is -2.46. The van der Waals surface area contributed by atoms with Gasteiger partial charge in [-0.15, -0.1) is 0 Å². The Balaban J connectivity index is 1.95. The minimum Gasteiger partial charge on any atom is -0.313 e. The summed E-state index contributed by atoms with van der Waals surface area (Å²) in [5.74, 6) is 0. The number of nitrogens with zero attached hydrogens (tertiary/aromatic N) is 1. The SMILES string of the molecule is CC1CCC(N2C(C)CCCC2C)CN1. The molecule has 0 amide bonds. The highest BCUT2D eigenvalue weighted by Gasteiger charge is 2.32. The lowest BCUT2D eigenvalue weighted by atomic mass is 9.91. The predicted molar refractivity (Wildman–Crippen MR) is 65.1 cm³/mol. The van der Waals surface area contributed by atoms with Crippen LogP contribution in [0.3, 0.4) is 0 Å². The van der Waals surface area contributed by atoms with Crippen LogP contribution in [0.2, 0.25) is 0 Å². The van der Waals surface area contributed by atoms with E-state index in [1.165, 1.54) is 38.6 Å². The van der Waals surface area contributed by atoms with Crippen LogP contribution in [0.15, 0.2) is 0 Å². The van der Waals surface area contributed by atoms with Crippen molar-refractivity contribution in [2.24, 2.45) is 0 Å². The second-order valence-electron chi connectivity index (χ2n) is 5.62. The summed E-state index contributed by atoms with van der Waals surface area (Å²) in [6.07, 6.45) is 6.96. The van der Waals surface area contributed by atoms with Gasteiger partial charge >= 0.3 is 0 Å². The third-order valence-electron chi connectivity index (χ3n) is 4.32. The minimum atomic E-state index is 0.733. The van der Waals surface area contributed by atoms with Crippen molar-refractivity contribution in [1.29, 1.82) is 0 Å². The highest BCUT2D eigenvalue weighted by Crippen LogP contribution is 2.27. The summed E-state index contributed by atoms with van der Waals surface area (Å²) in [5, 5.41) is 3.63. The highest BCUT2D eigenvalue weighted by molar-refractivity contribution is 4.89. The monoisotopic (exact) mass is 210 g/mol. The van der Waals surface area contributed by atoms with Crippen LogP contribution in [-0.2, 0) is 0 Å². The number of hydrogen-bond donors (Lipinski definition) is 1. The van der Waals surface area contributed by atoms with Crippen LogP contribution in [-0.4, -0.2) is 35.6 Å². The molecule has 1 N–H and O–H groups in total. The Labute approximate surface area is 94.4 Å². The summed E-state index contributed by atoms with van der Waals surface area (Å²) in [6, 6.07) is 3.13. The molecular formula is C13H26N2. The molecule has 2 heteroatoms.